The van der Waals surface area contributed by atoms with Gasteiger partial charge in [-0.15, -0.1) is 0 Å². The molecule has 1 aromatic rings. The summed E-state index contributed by atoms with van der Waals surface area (Å²) in [6, 6.07) is 2.08. The first kappa shape index (κ1) is 10.4. The lowest BCUT2D eigenvalue weighted by atomic mass is 9.97. The molecule has 0 amide bonds. The molecule has 1 aliphatic carbocycles. The van der Waals surface area contributed by atoms with Gasteiger partial charge >= 0.3 is 0 Å². The van der Waals surface area contributed by atoms with Crippen LogP contribution in [-0.2, 0) is 5.54 Å². The molecule has 0 aliphatic heterocycles. The van der Waals surface area contributed by atoms with E-state index < -0.39 is 0 Å². The number of pyridine rings is 1. The summed E-state index contributed by atoms with van der Waals surface area (Å²) in [4.78, 5) is 4.27. The maximum Gasteiger partial charge on any atom is 0.215 e. The highest BCUT2D eigenvalue weighted by Gasteiger charge is 2.59. The van der Waals surface area contributed by atoms with Crippen LogP contribution in [-0.4, -0.2) is 12.1 Å². The molecular formula is C12H18N2O. The first-order valence-corrected chi connectivity index (χ1v) is 5.21. The van der Waals surface area contributed by atoms with Crippen LogP contribution in [0.2, 0.25) is 0 Å². The van der Waals surface area contributed by atoms with Gasteiger partial charge in [-0.1, -0.05) is 13.8 Å². The number of aromatic nitrogens is 1. The Hall–Kier alpha value is -1.09. The summed E-state index contributed by atoms with van der Waals surface area (Å²) in [5, 5.41) is 0. The van der Waals surface area contributed by atoms with Gasteiger partial charge in [-0.2, -0.15) is 0 Å². The molecule has 2 N–H and O–H groups in total. The van der Waals surface area contributed by atoms with E-state index in [9.17, 15) is 0 Å². The highest BCUT2D eigenvalue weighted by Crippen LogP contribution is 2.60. The predicted molar refractivity (Wildman–Crippen MR) is 59.8 cm³/mol. The molecule has 3 nitrogen and oxygen atoms in total. The number of rotatable bonds is 2. The lowest BCUT2D eigenvalue weighted by Gasteiger charge is -2.16. The van der Waals surface area contributed by atoms with E-state index in [1.165, 1.54) is 0 Å². The average Bonchev–Trinajstić information content (AvgIpc) is 2.67. The standard InChI is InChI=1S/C12H18N2O/c1-8-5-9(6-14-10(8)15-4)12(13)7-11(12,2)3/h5-6H,7,13H2,1-4H3. The number of hydrogen-bond acceptors (Lipinski definition) is 3. The van der Waals surface area contributed by atoms with E-state index in [4.69, 9.17) is 10.5 Å². The van der Waals surface area contributed by atoms with Crippen molar-refractivity contribution in [3.8, 4) is 5.88 Å². The molecule has 15 heavy (non-hydrogen) atoms. The third-order valence-corrected chi connectivity index (χ3v) is 3.54. The third kappa shape index (κ3) is 1.42. The second-order valence-electron chi connectivity index (χ2n) is 5.08. The van der Waals surface area contributed by atoms with E-state index in [1.807, 2.05) is 13.1 Å². The van der Waals surface area contributed by atoms with Gasteiger partial charge < -0.3 is 10.5 Å². The topological polar surface area (TPSA) is 48.1 Å². The van der Waals surface area contributed by atoms with Crippen LogP contribution in [0, 0.1) is 12.3 Å². The van der Waals surface area contributed by atoms with Crippen LogP contribution in [0.15, 0.2) is 12.3 Å². The van der Waals surface area contributed by atoms with Gasteiger partial charge in [0.15, 0.2) is 0 Å². The normalized spacial score (nSPS) is 27.5. The van der Waals surface area contributed by atoms with Crippen LogP contribution < -0.4 is 10.5 Å². The van der Waals surface area contributed by atoms with E-state index in [1.54, 1.807) is 7.11 Å². The first-order chi connectivity index (χ1) is 6.90. The Kier molecular flexibility index (Phi) is 2.05. The average molecular weight is 206 g/mol. The number of aryl methyl sites for hydroxylation is 1. The van der Waals surface area contributed by atoms with Crippen LogP contribution in [0.1, 0.15) is 31.4 Å². The van der Waals surface area contributed by atoms with Gasteiger partial charge in [0.2, 0.25) is 5.88 Å². The Bertz CT molecular complexity index is 401. The quantitative estimate of drug-likeness (QED) is 0.805. The molecule has 1 fully saturated rings. The van der Waals surface area contributed by atoms with Crippen molar-refractivity contribution in [1.29, 1.82) is 0 Å². The fraction of sp³-hybridized carbons (Fsp3) is 0.583. The zero-order valence-corrected chi connectivity index (χ0v) is 9.79. The summed E-state index contributed by atoms with van der Waals surface area (Å²) in [7, 11) is 1.63. The highest BCUT2D eigenvalue weighted by atomic mass is 16.5. The van der Waals surface area contributed by atoms with E-state index in [0.717, 1.165) is 17.5 Å². The predicted octanol–water partition coefficient (Wildman–Crippen LogP) is 1.98. The molecule has 0 saturated heterocycles. The molecule has 0 aromatic carbocycles. The number of ether oxygens (including phenoxy) is 1. The van der Waals surface area contributed by atoms with Gasteiger partial charge in [-0.25, -0.2) is 4.98 Å². The fourth-order valence-corrected chi connectivity index (χ4v) is 2.17. The van der Waals surface area contributed by atoms with E-state index >= 15 is 0 Å². The second kappa shape index (κ2) is 2.95. The number of nitrogens with zero attached hydrogens (tertiary/aromatic N) is 1. The molecule has 1 unspecified atom stereocenters. The molecule has 2 rings (SSSR count). The summed E-state index contributed by atoms with van der Waals surface area (Å²) < 4.78 is 5.13. The first-order valence-electron chi connectivity index (χ1n) is 5.21. The number of methoxy groups -OCH3 is 1. The van der Waals surface area contributed by atoms with Crippen molar-refractivity contribution >= 4 is 0 Å². The molecule has 0 bridgehead atoms. The van der Waals surface area contributed by atoms with E-state index in [0.29, 0.717) is 5.88 Å². The smallest absolute Gasteiger partial charge is 0.215 e. The van der Waals surface area contributed by atoms with Crippen molar-refractivity contribution in [3.63, 3.8) is 0 Å². The molecule has 1 aromatic heterocycles. The second-order valence-corrected chi connectivity index (χ2v) is 5.08. The minimum Gasteiger partial charge on any atom is -0.481 e. The van der Waals surface area contributed by atoms with Crippen molar-refractivity contribution in [2.45, 2.75) is 32.7 Å². The Morgan fingerprint density at radius 3 is 2.47 bits per heavy atom. The molecule has 1 aliphatic rings. The van der Waals surface area contributed by atoms with Crippen LogP contribution in [0.5, 0.6) is 5.88 Å². The third-order valence-electron chi connectivity index (χ3n) is 3.54. The van der Waals surface area contributed by atoms with Gasteiger partial charge in [0, 0.05) is 17.3 Å². The molecule has 0 spiro atoms. The van der Waals surface area contributed by atoms with Crippen molar-refractivity contribution in [2.24, 2.45) is 11.1 Å². The van der Waals surface area contributed by atoms with Gasteiger partial charge in [-0.3, -0.25) is 0 Å². The highest BCUT2D eigenvalue weighted by molar-refractivity contribution is 5.38. The van der Waals surface area contributed by atoms with E-state index in [-0.39, 0.29) is 11.0 Å². The molecule has 1 saturated carbocycles. The molecule has 1 heterocycles. The summed E-state index contributed by atoms with van der Waals surface area (Å²) >= 11 is 0. The van der Waals surface area contributed by atoms with E-state index in [2.05, 4.69) is 24.9 Å². The van der Waals surface area contributed by atoms with Crippen molar-refractivity contribution < 1.29 is 4.74 Å². The Morgan fingerprint density at radius 2 is 2.07 bits per heavy atom. The summed E-state index contributed by atoms with van der Waals surface area (Å²) in [6.45, 7) is 6.37. The Labute approximate surface area is 90.7 Å². The van der Waals surface area contributed by atoms with Crippen LogP contribution in [0.25, 0.3) is 0 Å². The zero-order chi connectivity index (χ0) is 11.3. The van der Waals surface area contributed by atoms with Crippen molar-refractivity contribution in [1.82, 2.24) is 4.98 Å². The minimum atomic E-state index is -0.197. The van der Waals surface area contributed by atoms with Crippen molar-refractivity contribution in [3.05, 3.63) is 23.4 Å². The Morgan fingerprint density at radius 1 is 1.47 bits per heavy atom. The number of hydrogen-bond donors (Lipinski definition) is 1. The largest absolute Gasteiger partial charge is 0.481 e. The van der Waals surface area contributed by atoms with Gasteiger partial charge in [0.05, 0.1) is 7.11 Å². The van der Waals surface area contributed by atoms with Crippen LogP contribution >= 0.6 is 0 Å². The van der Waals surface area contributed by atoms with Crippen LogP contribution in [0.4, 0.5) is 0 Å². The lowest BCUT2D eigenvalue weighted by Crippen LogP contribution is -2.25. The molecule has 82 valence electrons. The molecular weight excluding hydrogens is 188 g/mol. The van der Waals surface area contributed by atoms with Crippen LogP contribution in [0.3, 0.4) is 0 Å². The minimum absolute atomic E-state index is 0.190. The maximum atomic E-state index is 6.33. The molecule has 0 radical (unpaired) electrons. The lowest BCUT2D eigenvalue weighted by molar-refractivity contribution is 0.393. The summed E-state index contributed by atoms with van der Waals surface area (Å²) in [6.07, 6.45) is 2.86. The summed E-state index contributed by atoms with van der Waals surface area (Å²) in [5.74, 6) is 0.681. The van der Waals surface area contributed by atoms with Gasteiger partial charge in [0.25, 0.3) is 0 Å². The SMILES string of the molecule is COc1ncc(C2(N)CC2(C)C)cc1C. The van der Waals surface area contributed by atoms with Gasteiger partial charge in [-0.05, 0) is 30.4 Å². The Balaban J connectivity index is 2.37. The molecule has 3 heteroatoms. The van der Waals surface area contributed by atoms with Crippen molar-refractivity contribution in [2.75, 3.05) is 7.11 Å². The van der Waals surface area contributed by atoms with Gasteiger partial charge in [0.1, 0.15) is 0 Å². The monoisotopic (exact) mass is 206 g/mol. The maximum absolute atomic E-state index is 6.33. The number of nitrogens with two attached hydrogens (primary N) is 1. The molecule has 1 atom stereocenters. The summed E-state index contributed by atoms with van der Waals surface area (Å²) in [5.41, 5.74) is 8.48. The fourth-order valence-electron chi connectivity index (χ4n) is 2.17. The zero-order valence-electron chi connectivity index (χ0n) is 9.79.